The minimum Gasteiger partial charge on any atom is -0.363 e. The van der Waals surface area contributed by atoms with Crippen LogP contribution in [0.5, 0.6) is 0 Å². The van der Waals surface area contributed by atoms with E-state index in [4.69, 9.17) is 4.84 Å². The van der Waals surface area contributed by atoms with Crippen LogP contribution in [0.25, 0.3) is 11.1 Å². The smallest absolute Gasteiger partial charge is 0.363 e. The number of hydrogen-bond donors (Lipinski definition) is 0. The molecule has 4 aromatic rings. The Labute approximate surface area is 214 Å². The summed E-state index contributed by atoms with van der Waals surface area (Å²) in [6.45, 7) is -0.141. The number of pyridine rings is 1. The summed E-state index contributed by atoms with van der Waals surface area (Å²) in [5.74, 6) is -0.421. The van der Waals surface area contributed by atoms with Gasteiger partial charge in [0.25, 0.3) is 0 Å². The van der Waals surface area contributed by atoms with E-state index >= 15 is 0 Å². The average Bonchev–Trinajstić information content (AvgIpc) is 3.54. The highest BCUT2D eigenvalue weighted by Gasteiger charge is 2.41. The number of nitrogens with zero attached hydrogens (tertiary/aromatic N) is 4. The summed E-state index contributed by atoms with van der Waals surface area (Å²) < 4.78 is 95.9. The van der Waals surface area contributed by atoms with Gasteiger partial charge in [-0.25, -0.2) is 9.37 Å². The fraction of sp³-hybridized carbons (Fsp3) is 0.160. The van der Waals surface area contributed by atoms with Crippen LogP contribution >= 0.6 is 11.3 Å². The van der Waals surface area contributed by atoms with Crippen molar-refractivity contribution < 1.29 is 35.6 Å². The molecule has 13 heteroatoms. The quantitative estimate of drug-likeness (QED) is 0.244. The molecule has 0 amide bonds. The average molecular weight is 552 g/mol. The molecule has 0 spiro atoms. The number of oxime groups is 1. The number of rotatable bonds is 5. The van der Waals surface area contributed by atoms with E-state index in [1.165, 1.54) is 35.6 Å². The summed E-state index contributed by atoms with van der Waals surface area (Å²) in [4.78, 5) is 15.0. The molecule has 0 N–H and O–H groups in total. The normalized spacial score (nSPS) is 15.9. The van der Waals surface area contributed by atoms with E-state index in [-0.39, 0.29) is 24.0 Å². The second kappa shape index (κ2) is 9.71. The maximum Gasteiger partial charge on any atom is 0.416 e. The molecule has 1 aliphatic rings. The lowest BCUT2D eigenvalue weighted by molar-refractivity contribution is -0.143. The molecule has 1 aliphatic heterocycles. The molecule has 2 aromatic carbocycles. The fourth-order valence-electron chi connectivity index (χ4n) is 4.02. The molecule has 3 heterocycles. The lowest BCUT2D eigenvalue weighted by Gasteiger charge is -2.27. The highest BCUT2D eigenvalue weighted by atomic mass is 32.1. The van der Waals surface area contributed by atoms with Crippen molar-refractivity contribution in [2.24, 2.45) is 5.16 Å². The minimum absolute atomic E-state index is 0.0444. The second-order valence-corrected chi connectivity index (χ2v) is 9.08. The van der Waals surface area contributed by atoms with Crippen molar-refractivity contribution in [3.63, 3.8) is 0 Å². The molecule has 0 fully saturated rings. The van der Waals surface area contributed by atoms with Gasteiger partial charge in [0.05, 0.1) is 17.7 Å². The number of halogens is 7. The van der Waals surface area contributed by atoms with Crippen LogP contribution < -0.4 is 0 Å². The van der Waals surface area contributed by atoms with Gasteiger partial charge in [0.15, 0.2) is 5.01 Å². The zero-order chi connectivity index (χ0) is 27.1. The van der Waals surface area contributed by atoms with Crippen LogP contribution in [0.2, 0.25) is 0 Å². The van der Waals surface area contributed by atoms with E-state index < -0.39 is 41.1 Å². The Hall–Kier alpha value is -4.00. The standard InChI is InChI=1S/C25H15F7N4OS/c26-20-4-2-1-3-19(20)18-5-6-33-12-15(18)13-36-21(22-34-7-8-38-22)35-37-23(36)14-9-16(24(27,28)29)11-17(10-14)25(30,31)32/h1-12,23H,13H2. The van der Waals surface area contributed by atoms with Gasteiger partial charge in [0.1, 0.15) is 5.82 Å². The topological polar surface area (TPSA) is 50.6 Å². The van der Waals surface area contributed by atoms with Crippen LogP contribution in [0.3, 0.4) is 0 Å². The van der Waals surface area contributed by atoms with Crippen molar-refractivity contribution in [3.8, 4) is 11.1 Å². The van der Waals surface area contributed by atoms with Crippen molar-refractivity contribution >= 4 is 17.2 Å². The summed E-state index contributed by atoms with van der Waals surface area (Å²) in [6.07, 6.45) is -7.20. The largest absolute Gasteiger partial charge is 0.416 e. The number of benzene rings is 2. The predicted molar refractivity (Wildman–Crippen MR) is 124 cm³/mol. The highest BCUT2D eigenvalue weighted by Crippen LogP contribution is 2.41. The van der Waals surface area contributed by atoms with Gasteiger partial charge >= 0.3 is 12.4 Å². The summed E-state index contributed by atoms with van der Waals surface area (Å²) in [6, 6.07) is 8.75. The van der Waals surface area contributed by atoms with Gasteiger partial charge in [-0.05, 0) is 41.5 Å². The van der Waals surface area contributed by atoms with Crippen LogP contribution in [0.1, 0.15) is 33.5 Å². The number of alkyl halides is 6. The molecule has 38 heavy (non-hydrogen) atoms. The monoisotopic (exact) mass is 552 g/mol. The molecule has 0 radical (unpaired) electrons. The Morgan fingerprint density at radius 2 is 1.61 bits per heavy atom. The van der Waals surface area contributed by atoms with Crippen LogP contribution in [-0.2, 0) is 23.7 Å². The van der Waals surface area contributed by atoms with Gasteiger partial charge in [-0.2, -0.15) is 26.3 Å². The van der Waals surface area contributed by atoms with E-state index in [1.54, 1.807) is 23.6 Å². The number of hydrogen-bond acceptors (Lipinski definition) is 6. The minimum atomic E-state index is -5.04. The summed E-state index contributed by atoms with van der Waals surface area (Å²) in [5.41, 5.74) is -2.28. The summed E-state index contributed by atoms with van der Waals surface area (Å²) in [7, 11) is 0. The zero-order valence-electron chi connectivity index (χ0n) is 19.0. The van der Waals surface area contributed by atoms with Crippen LogP contribution in [-0.4, -0.2) is 20.7 Å². The molecule has 0 saturated heterocycles. The maximum absolute atomic E-state index is 14.6. The summed E-state index contributed by atoms with van der Waals surface area (Å²) in [5, 5.41) is 5.91. The molecule has 0 bridgehead atoms. The van der Waals surface area contributed by atoms with E-state index in [0.717, 1.165) is 11.3 Å². The fourth-order valence-corrected chi connectivity index (χ4v) is 4.65. The third-order valence-corrected chi connectivity index (χ3v) is 6.49. The Kier molecular flexibility index (Phi) is 6.55. The molecular formula is C25H15F7N4OS. The Balaban J connectivity index is 1.62. The SMILES string of the molecule is Fc1ccccc1-c1ccncc1CN1C(c2nccs2)=NOC1c1cc(C(F)(F)F)cc(C(F)(F)F)c1. The maximum atomic E-state index is 14.6. The van der Waals surface area contributed by atoms with Crippen molar-refractivity contribution in [2.75, 3.05) is 0 Å². The van der Waals surface area contributed by atoms with Gasteiger partial charge in [-0.1, -0.05) is 23.4 Å². The van der Waals surface area contributed by atoms with Crippen molar-refractivity contribution in [1.29, 1.82) is 0 Å². The molecule has 196 valence electrons. The van der Waals surface area contributed by atoms with E-state index in [0.29, 0.717) is 28.3 Å². The van der Waals surface area contributed by atoms with Gasteiger partial charge in [0, 0.05) is 35.1 Å². The van der Waals surface area contributed by atoms with E-state index in [1.807, 2.05) is 0 Å². The number of amidine groups is 1. The first-order chi connectivity index (χ1) is 18.0. The van der Waals surface area contributed by atoms with Gasteiger partial charge in [-0.15, -0.1) is 11.3 Å². The lowest BCUT2D eigenvalue weighted by atomic mass is 10.00. The molecular weight excluding hydrogens is 537 g/mol. The number of aromatic nitrogens is 2. The van der Waals surface area contributed by atoms with E-state index in [2.05, 4.69) is 15.1 Å². The van der Waals surface area contributed by atoms with Crippen LogP contribution in [0.4, 0.5) is 30.7 Å². The molecule has 5 rings (SSSR count). The second-order valence-electron chi connectivity index (χ2n) is 8.19. The van der Waals surface area contributed by atoms with Gasteiger partial charge < -0.3 is 9.74 Å². The Bertz CT molecular complexity index is 1450. The first-order valence-electron chi connectivity index (χ1n) is 10.9. The molecule has 5 nitrogen and oxygen atoms in total. The molecule has 1 unspecified atom stereocenters. The molecule has 2 aromatic heterocycles. The Morgan fingerprint density at radius 1 is 0.895 bits per heavy atom. The van der Waals surface area contributed by atoms with Crippen molar-refractivity contribution in [1.82, 2.24) is 14.9 Å². The first kappa shape index (κ1) is 25.6. The zero-order valence-corrected chi connectivity index (χ0v) is 19.8. The third-order valence-electron chi connectivity index (χ3n) is 5.72. The molecule has 0 aliphatic carbocycles. The Morgan fingerprint density at radius 3 is 2.24 bits per heavy atom. The van der Waals surface area contributed by atoms with Crippen LogP contribution in [0, 0.1) is 5.82 Å². The highest BCUT2D eigenvalue weighted by molar-refractivity contribution is 7.11. The summed E-state index contributed by atoms with van der Waals surface area (Å²) >= 11 is 1.15. The predicted octanol–water partition coefficient (Wildman–Crippen LogP) is 7.27. The van der Waals surface area contributed by atoms with Crippen LogP contribution in [0.15, 0.2) is 77.7 Å². The number of thiazole rings is 1. The van der Waals surface area contributed by atoms with Gasteiger partial charge in [0.2, 0.25) is 12.1 Å². The lowest BCUT2D eigenvalue weighted by Crippen LogP contribution is -2.31. The third kappa shape index (κ3) is 5.05. The van der Waals surface area contributed by atoms with Crippen molar-refractivity contribution in [3.05, 3.63) is 106 Å². The van der Waals surface area contributed by atoms with E-state index in [9.17, 15) is 30.7 Å². The first-order valence-corrected chi connectivity index (χ1v) is 11.8. The molecule has 0 saturated carbocycles. The van der Waals surface area contributed by atoms with Gasteiger partial charge in [-0.3, -0.25) is 4.98 Å². The molecule has 1 atom stereocenters. The van der Waals surface area contributed by atoms with Crippen molar-refractivity contribution in [2.45, 2.75) is 25.1 Å².